The average molecular weight is 194 g/mol. The van der Waals surface area contributed by atoms with Gasteiger partial charge >= 0.3 is 0 Å². The van der Waals surface area contributed by atoms with Gasteiger partial charge in [-0.2, -0.15) is 5.26 Å². The van der Waals surface area contributed by atoms with Gasteiger partial charge in [0.1, 0.15) is 5.78 Å². The zero-order chi connectivity index (χ0) is 10.4. The molecule has 1 saturated carbocycles. The maximum atomic E-state index is 11.4. The molecule has 0 aromatic carbocycles. The van der Waals surface area contributed by atoms with Gasteiger partial charge in [0.15, 0.2) is 0 Å². The first-order valence-electron chi connectivity index (χ1n) is 5.40. The van der Waals surface area contributed by atoms with E-state index in [1.165, 1.54) is 12.8 Å². The summed E-state index contributed by atoms with van der Waals surface area (Å²) in [7, 11) is 0. The lowest BCUT2D eigenvalue weighted by Gasteiger charge is -2.19. The van der Waals surface area contributed by atoms with E-state index in [0.717, 1.165) is 13.0 Å². The fraction of sp³-hybridized carbons (Fsp3) is 0.818. The highest BCUT2D eigenvalue weighted by molar-refractivity contribution is 5.80. The Morgan fingerprint density at radius 1 is 1.57 bits per heavy atom. The number of rotatable bonds is 7. The van der Waals surface area contributed by atoms with E-state index >= 15 is 0 Å². The van der Waals surface area contributed by atoms with E-state index in [0.29, 0.717) is 31.2 Å². The number of Topliss-reactive ketones (excluding diaryl/α,β-unsaturated/α-hetero) is 1. The van der Waals surface area contributed by atoms with E-state index in [9.17, 15) is 4.79 Å². The molecule has 3 heteroatoms. The maximum absolute atomic E-state index is 11.4. The van der Waals surface area contributed by atoms with Crippen molar-refractivity contribution in [1.29, 1.82) is 5.26 Å². The van der Waals surface area contributed by atoms with Gasteiger partial charge in [-0.15, -0.1) is 0 Å². The lowest BCUT2D eigenvalue weighted by atomic mass is 10.2. The quantitative estimate of drug-likeness (QED) is 0.620. The van der Waals surface area contributed by atoms with Gasteiger partial charge in [0, 0.05) is 25.4 Å². The van der Waals surface area contributed by atoms with Gasteiger partial charge in [-0.3, -0.25) is 9.69 Å². The van der Waals surface area contributed by atoms with Crippen molar-refractivity contribution in [1.82, 2.24) is 4.90 Å². The van der Waals surface area contributed by atoms with Gasteiger partial charge in [0.2, 0.25) is 0 Å². The second kappa shape index (κ2) is 5.77. The van der Waals surface area contributed by atoms with Gasteiger partial charge in [-0.1, -0.05) is 6.92 Å². The molecule has 0 bridgehead atoms. The van der Waals surface area contributed by atoms with Gasteiger partial charge in [0.25, 0.3) is 0 Å². The number of carbonyl (C=O) groups excluding carboxylic acids is 1. The fourth-order valence-corrected chi connectivity index (χ4v) is 1.61. The molecule has 3 nitrogen and oxygen atoms in total. The summed E-state index contributed by atoms with van der Waals surface area (Å²) in [6.45, 7) is 3.34. The van der Waals surface area contributed by atoms with Crippen LogP contribution in [-0.2, 0) is 4.79 Å². The van der Waals surface area contributed by atoms with Crippen molar-refractivity contribution in [3.63, 3.8) is 0 Å². The largest absolute Gasteiger partial charge is 0.298 e. The van der Waals surface area contributed by atoms with Gasteiger partial charge < -0.3 is 0 Å². The zero-order valence-corrected chi connectivity index (χ0v) is 8.83. The Morgan fingerprint density at radius 2 is 2.29 bits per heavy atom. The third-order valence-corrected chi connectivity index (χ3v) is 2.48. The van der Waals surface area contributed by atoms with Crippen molar-refractivity contribution in [2.45, 2.75) is 45.1 Å². The Balaban J connectivity index is 2.28. The van der Waals surface area contributed by atoms with E-state index < -0.39 is 0 Å². The second-order valence-electron chi connectivity index (χ2n) is 3.90. The summed E-state index contributed by atoms with van der Waals surface area (Å²) in [5, 5.41) is 8.49. The molecule has 0 aromatic heterocycles. The van der Waals surface area contributed by atoms with E-state index in [2.05, 4.69) is 11.0 Å². The topological polar surface area (TPSA) is 44.1 Å². The summed E-state index contributed by atoms with van der Waals surface area (Å²) in [5.41, 5.74) is 0. The second-order valence-corrected chi connectivity index (χ2v) is 3.90. The summed E-state index contributed by atoms with van der Waals surface area (Å²) >= 11 is 0. The number of hydrogen-bond donors (Lipinski definition) is 0. The van der Waals surface area contributed by atoms with Crippen molar-refractivity contribution in [3.05, 3.63) is 0 Å². The first-order valence-corrected chi connectivity index (χ1v) is 5.40. The van der Waals surface area contributed by atoms with Crippen molar-refractivity contribution in [3.8, 4) is 6.07 Å². The van der Waals surface area contributed by atoms with Gasteiger partial charge in [-0.05, 0) is 19.3 Å². The maximum Gasteiger partial charge on any atom is 0.146 e. The molecule has 1 aliphatic rings. The minimum Gasteiger partial charge on any atom is -0.298 e. The summed E-state index contributed by atoms with van der Waals surface area (Å²) in [5.74, 6) is 0.317. The molecule has 0 amide bonds. The Labute approximate surface area is 85.7 Å². The van der Waals surface area contributed by atoms with Crippen LogP contribution < -0.4 is 0 Å². The molecular formula is C11H18N2O. The van der Waals surface area contributed by atoms with E-state index in [4.69, 9.17) is 5.26 Å². The Kier molecular flexibility index (Phi) is 4.61. The third-order valence-electron chi connectivity index (χ3n) is 2.48. The minimum atomic E-state index is 0.317. The summed E-state index contributed by atoms with van der Waals surface area (Å²) in [6, 6.07) is 2.72. The van der Waals surface area contributed by atoms with E-state index in [1.807, 2.05) is 6.92 Å². The Hall–Kier alpha value is -0.880. The van der Waals surface area contributed by atoms with Crippen LogP contribution in [0.15, 0.2) is 0 Å². The van der Waals surface area contributed by atoms with Crippen LogP contribution in [0.2, 0.25) is 0 Å². The zero-order valence-electron chi connectivity index (χ0n) is 8.83. The van der Waals surface area contributed by atoms with Crippen LogP contribution >= 0.6 is 0 Å². The molecule has 0 aliphatic heterocycles. The molecule has 0 N–H and O–H groups in total. The Bertz CT molecular complexity index is 228. The number of carbonyl (C=O) groups is 1. The lowest BCUT2D eigenvalue weighted by Crippen LogP contribution is -2.32. The van der Waals surface area contributed by atoms with Crippen LogP contribution in [0.4, 0.5) is 0 Å². The van der Waals surface area contributed by atoms with Crippen LogP contribution in [0.5, 0.6) is 0 Å². The highest BCUT2D eigenvalue weighted by Gasteiger charge is 2.29. The first-order chi connectivity index (χ1) is 6.77. The number of ketones is 1. The molecule has 0 heterocycles. The first kappa shape index (κ1) is 11.2. The van der Waals surface area contributed by atoms with Crippen molar-refractivity contribution in [2.24, 2.45) is 0 Å². The molecule has 1 aliphatic carbocycles. The SMILES string of the molecule is CCCC(=O)CN(CCC#N)C1CC1. The van der Waals surface area contributed by atoms with Crippen LogP contribution in [-0.4, -0.2) is 29.8 Å². The number of nitriles is 1. The normalized spacial score (nSPS) is 15.5. The smallest absolute Gasteiger partial charge is 0.146 e. The summed E-state index contributed by atoms with van der Waals surface area (Å²) in [4.78, 5) is 13.6. The molecule has 0 saturated heterocycles. The molecule has 0 spiro atoms. The molecule has 0 aromatic rings. The average Bonchev–Trinajstić information content (AvgIpc) is 2.95. The molecule has 78 valence electrons. The standard InChI is InChI=1S/C11H18N2O/c1-2-4-11(14)9-13(8-3-7-12)10-5-6-10/h10H,2-6,8-9H2,1H3. The van der Waals surface area contributed by atoms with E-state index in [-0.39, 0.29) is 0 Å². The highest BCUT2D eigenvalue weighted by Crippen LogP contribution is 2.26. The van der Waals surface area contributed by atoms with Crippen molar-refractivity contribution < 1.29 is 4.79 Å². The molecule has 0 radical (unpaired) electrons. The lowest BCUT2D eigenvalue weighted by molar-refractivity contribution is -0.120. The van der Waals surface area contributed by atoms with E-state index in [1.54, 1.807) is 0 Å². The van der Waals surface area contributed by atoms with Crippen LogP contribution in [0.25, 0.3) is 0 Å². The van der Waals surface area contributed by atoms with Crippen LogP contribution in [0.1, 0.15) is 39.0 Å². The number of nitrogens with zero attached hydrogens (tertiary/aromatic N) is 2. The fourth-order valence-electron chi connectivity index (χ4n) is 1.61. The molecule has 14 heavy (non-hydrogen) atoms. The predicted octanol–water partition coefficient (Wildman–Crippen LogP) is 1.73. The highest BCUT2D eigenvalue weighted by atomic mass is 16.1. The molecule has 0 unspecified atom stereocenters. The monoisotopic (exact) mass is 194 g/mol. The summed E-state index contributed by atoms with van der Waals surface area (Å²) < 4.78 is 0. The third kappa shape index (κ3) is 3.89. The van der Waals surface area contributed by atoms with Crippen molar-refractivity contribution >= 4 is 5.78 Å². The predicted molar refractivity (Wildman–Crippen MR) is 54.7 cm³/mol. The van der Waals surface area contributed by atoms with Gasteiger partial charge in [-0.25, -0.2) is 0 Å². The van der Waals surface area contributed by atoms with Crippen molar-refractivity contribution in [2.75, 3.05) is 13.1 Å². The van der Waals surface area contributed by atoms with Gasteiger partial charge in [0.05, 0.1) is 12.6 Å². The molecule has 0 atom stereocenters. The van der Waals surface area contributed by atoms with Crippen LogP contribution in [0.3, 0.4) is 0 Å². The Morgan fingerprint density at radius 3 is 2.79 bits per heavy atom. The van der Waals surface area contributed by atoms with Crippen LogP contribution in [0, 0.1) is 11.3 Å². The molecular weight excluding hydrogens is 176 g/mol. The number of hydrogen-bond acceptors (Lipinski definition) is 3. The minimum absolute atomic E-state index is 0.317. The summed E-state index contributed by atoms with van der Waals surface area (Å²) in [6.07, 6.45) is 4.54. The molecule has 1 fully saturated rings. The molecule has 1 rings (SSSR count).